The number of hydrogen-bond acceptors (Lipinski definition) is 2. The first kappa shape index (κ1) is 10.5. The topological polar surface area (TPSA) is 43.8 Å². The number of nitrogens with zero attached hydrogens (tertiary/aromatic N) is 2. The molecule has 88 valence electrons. The van der Waals surface area contributed by atoms with Crippen molar-refractivity contribution in [2.45, 2.75) is 32.4 Å². The zero-order chi connectivity index (χ0) is 11.7. The summed E-state index contributed by atoms with van der Waals surface area (Å²) < 4.78 is 2.31. The number of rotatable bonds is 2. The highest BCUT2D eigenvalue weighted by molar-refractivity contribution is 5.62. The van der Waals surface area contributed by atoms with Crippen LogP contribution in [0.3, 0.4) is 0 Å². The van der Waals surface area contributed by atoms with Gasteiger partial charge in [0.2, 0.25) is 0 Å². The van der Waals surface area contributed by atoms with Crippen LogP contribution in [0.4, 0.5) is 0 Å². The van der Waals surface area contributed by atoms with Crippen LogP contribution in [0.25, 0.3) is 11.3 Å². The summed E-state index contributed by atoms with van der Waals surface area (Å²) in [6.07, 6.45) is 3.57. The van der Waals surface area contributed by atoms with Crippen molar-refractivity contribution in [3.8, 4) is 11.3 Å². The first-order valence-corrected chi connectivity index (χ1v) is 6.24. The lowest BCUT2D eigenvalue weighted by molar-refractivity contribution is 0.508. The zero-order valence-corrected chi connectivity index (χ0v) is 9.89. The van der Waals surface area contributed by atoms with Crippen molar-refractivity contribution >= 4 is 0 Å². The maximum atomic E-state index is 5.90. The molecular weight excluding hydrogens is 210 g/mol. The number of hydrogen-bond donors (Lipinski definition) is 1. The average molecular weight is 227 g/mol. The van der Waals surface area contributed by atoms with Gasteiger partial charge in [0.15, 0.2) is 0 Å². The first-order chi connectivity index (χ1) is 8.40. The number of fused-ring (bicyclic) bond motifs is 1. The molecule has 0 fully saturated rings. The first-order valence-electron chi connectivity index (χ1n) is 6.24. The highest BCUT2D eigenvalue weighted by atomic mass is 15.1. The molecule has 0 atom stereocenters. The predicted molar refractivity (Wildman–Crippen MR) is 68.5 cm³/mol. The standard InChI is InChI=1S/C14H17N3/c15-10-12-14(11-6-2-1-3-7-11)16-13-8-4-5-9-17(12)13/h1-3,6-7H,4-5,8-10,15H2. The van der Waals surface area contributed by atoms with Gasteiger partial charge in [0.25, 0.3) is 0 Å². The number of benzene rings is 1. The van der Waals surface area contributed by atoms with Crippen molar-refractivity contribution in [2.24, 2.45) is 5.73 Å². The number of aryl methyl sites for hydroxylation is 1. The summed E-state index contributed by atoms with van der Waals surface area (Å²) in [5.74, 6) is 1.20. The van der Waals surface area contributed by atoms with E-state index < -0.39 is 0 Å². The second kappa shape index (κ2) is 4.34. The second-order valence-electron chi connectivity index (χ2n) is 4.50. The third kappa shape index (κ3) is 1.76. The maximum Gasteiger partial charge on any atom is 0.109 e. The van der Waals surface area contributed by atoms with E-state index >= 15 is 0 Å². The molecule has 17 heavy (non-hydrogen) atoms. The minimum Gasteiger partial charge on any atom is -0.330 e. The van der Waals surface area contributed by atoms with E-state index in [1.54, 1.807) is 0 Å². The van der Waals surface area contributed by atoms with Crippen LogP contribution in [0, 0.1) is 0 Å². The van der Waals surface area contributed by atoms with E-state index in [9.17, 15) is 0 Å². The molecule has 0 aliphatic carbocycles. The van der Waals surface area contributed by atoms with Crippen molar-refractivity contribution in [3.05, 3.63) is 41.9 Å². The van der Waals surface area contributed by atoms with Gasteiger partial charge in [-0.2, -0.15) is 0 Å². The van der Waals surface area contributed by atoms with E-state index in [-0.39, 0.29) is 0 Å². The highest BCUT2D eigenvalue weighted by Gasteiger charge is 2.19. The zero-order valence-electron chi connectivity index (χ0n) is 9.89. The Balaban J connectivity index is 2.14. The minimum atomic E-state index is 0.567. The molecule has 2 aromatic rings. The van der Waals surface area contributed by atoms with Gasteiger partial charge in [-0.05, 0) is 12.8 Å². The largest absolute Gasteiger partial charge is 0.330 e. The van der Waals surface area contributed by atoms with Crippen LogP contribution in [-0.4, -0.2) is 9.55 Å². The van der Waals surface area contributed by atoms with E-state index in [0.717, 1.165) is 18.7 Å². The van der Waals surface area contributed by atoms with Gasteiger partial charge in [-0.1, -0.05) is 30.3 Å². The summed E-state index contributed by atoms with van der Waals surface area (Å²) in [5.41, 5.74) is 9.33. The molecule has 0 amide bonds. The summed E-state index contributed by atoms with van der Waals surface area (Å²) in [4.78, 5) is 4.77. The summed E-state index contributed by atoms with van der Waals surface area (Å²) >= 11 is 0. The fraction of sp³-hybridized carbons (Fsp3) is 0.357. The van der Waals surface area contributed by atoms with Crippen molar-refractivity contribution in [1.29, 1.82) is 0 Å². The van der Waals surface area contributed by atoms with Crippen molar-refractivity contribution < 1.29 is 0 Å². The molecule has 0 bridgehead atoms. The second-order valence-corrected chi connectivity index (χ2v) is 4.50. The van der Waals surface area contributed by atoms with Crippen LogP contribution in [-0.2, 0) is 19.5 Å². The molecule has 0 saturated heterocycles. The Hall–Kier alpha value is -1.61. The highest BCUT2D eigenvalue weighted by Crippen LogP contribution is 2.27. The fourth-order valence-corrected chi connectivity index (χ4v) is 2.58. The Labute approximate surface area is 101 Å². The lowest BCUT2D eigenvalue weighted by Gasteiger charge is -2.15. The van der Waals surface area contributed by atoms with Crippen LogP contribution < -0.4 is 5.73 Å². The molecule has 0 saturated carbocycles. The van der Waals surface area contributed by atoms with E-state index in [1.165, 1.54) is 29.9 Å². The average Bonchev–Trinajstić information content (AvgIpc) is 2.78. The number of nitrogens with two attached hydrogens (primary N) is 1. The molecule has 3 nitrogen and oxygen atoms in total. The van der Waals surface area contributed by atoms with Gasteiger partial charge in [0.05, 0.1) is 11.4 Å². The molecular formula is C14H17N3. The van der Waals surface area contributed by atoms with Crippen molar-refractivity contribution in [1.82, 2.24) is 9.55 Å². The van der Waals surface area contributed by atoms with Crippen LogP contribution in [0.1, 0.15) is 24.4 Å². The quantitative estimate of drug-likeness (QED) is 0.855. The van der Waals surface area contributed by atoms with Crippen molar-refractivity contribution in [3.63, 3.8) is 0 Å². The maximum absolute atomic E-state index is 5.90. The Kier molecular flexibility index (Phi) is 2.69. The molecule has 2 heterocycles. The predicted octanol–water partition coefficient (Wildman–Crippen LogP) is 2.35. The molecule has 3 rings (SSSR count). The Bertz CT molecular complexity index is 514. The number of aromatic nitrogens is 2. The van der Waals surface area contributed by atoms with Gasteiger partial charge < -0.3 is 10.3 Å². The molecule has 1 aromatic carbocycles. The number of imidazole rings is 1. The fourth-order valence-electron chi connectivity index (χ4n) is 2.58. The van der Waals surface area contributed by atoms with Gasteiger partial charge in [0, 0.05) is 25.1 Å². The summed E-state index contributed by atoms with van der Waals surface area (Å²) in [7, 11) is 0. The van der Waals surface area contributed by atoms with Crippen LogP contribution in [0.5, 0.6) is 0 Å². The van der Waals surface area contributed by atoms with E-state index in [2.05, 4.69) is 16.7 Å². The Morgan fingerprint density at radius 2 is 2.00 bits per heavy atom. The lowest BCUT2D eigenvalue weighted by Crippen LogP contribution is -2.15. The van der Waals surface area contributed by atoms with Gasteiger partial charge in [-0.15, -0.1) is 0 Å². The van der Waals surface area contributed by atoms with Gasteiger partial charge in [-0.25, -0.2) is 4.98 Å². The minimum absolute atomic E-state index is 0.567. The molecule has 0 unspecified atom stereocenters. The third-order valence-corrected chi connectivity index (χ3v) is 3.42. The molecule has 0 radical (unpaired) electrons. The van der Waals surface area contributed by atoms with Crippen LogP contribution in [0.15, 0.2) is 30.3 Å². The third-order valence-electron chi connectivity index (χ3n) is 3.42. The van der Waals surface area contributed by atoms with Gasteiger partial charge >= 0.3 is 0 Å². The van der Waals surface area contributed by atoms with Crippen LogP contribution >= 0.6 is 0 Å². The summed E-state index contributed by atoms with van der Waals surface area (Å²) in [6, 6.07) is 10.3. The molecule has 1 aliphatic rings. The molecule has 1 aromatic heterocycles. The Morgan fingerprint density at radius 3 is 2.76 bits per heavy atom. The van der Waals surface area contributed by atoms with Crippen LogP contribution in [0.2, 0.25) is 0 Å². The Morgan fingerprint density at radius 1 is 1.18 bits per heavy atom. The van der Waals surface area contributed by atoms with E-state index in [0.29, 0.717) is 6.54 Å². The van der Waals surface area contributed by atoms with E-state index in [1.807, 2.05) is 18.2 Å². The van der Waals surface area contributed by atoms with Crippen molar-refractivity contribution in [2.75, 3.05) is 0 Å². The summed E-state index contributed by atoms with van der Waals surface area (Å²) in [5, 5.41) is 0. The lowest BCUT2D eigenvalue weighted by atomic mass is 10.1. The van der Waals surface area contributed by atoms with Gasteiger partial charge in [0.1, 0.15) is 5.82 Å². The van der Waals surface area contributed by atoms with Gasteiger partial charge in [-0.3, -0.25) is 0 Å². The molecule has 0 spiro atoms. The summed E-state index contributed by atoms with van der Waals surface area (Å²) in [6.45, 7) is 1.64. The monoisotopic (exact) mass is 227 g/mol. The SMILES string of the molecule is NCc1c(-c2ccccc2)nc2n1CCCC2. The normalized spacial score (nSPS) is 14.6. The molecule has 2 N–H and O–H groups in total. The van der Waals surface area contributed by atoms with E-state index in [4.69, 9.17) is 10.7 Å². The molecule has 3 heteroatoms. The molecule has 1 aliphatic heterocycles. The smallest absolute Gasteiger partial charge is 0.109 e.